The second-order valence-electron chi connectivity index (χ2n) is 7.24. The summed E-state index contributed by atoms with van der Waals surface area (Å²) in [7, 11) is 4.63. The van der Waals surface area contributed by atoms with E-state index < -0.39 is 0 Å². The molecule has 0 aliphatic carbocycles. The number of aromatic nitrogens is 2. The van der Waals surface area contributed by atoms with Gasteiger partial charge < -0.3 is 28.8 Å². The Morgan fingerprint density at radius 2 is 1.73 bits per heavy atom. The first kappa shape index (κ1) is 23.9. The van der Waals surface area contributed by atoms with Gasteiger partial charge in [0.2, 0.25) is 17.5 Å². The Labute approximate surface area is 193 Å². The van der Waals surface area contributed by atoms with Crippen molar-refractivity contribution in [3.8, 4) is 34.4 Å². The van der Waals surface area contributed by atoms with Gasteiger partial charge in [-0.3, -0.25) is 4.79 Å². The van der Waals surface area contributed by atoms with Crippen molar-refractivity contribution >= 4 is 5.91 Å². The smallest absolute Gasteiger partial charge is 0.258 e. The Morgan fingerprint density at radius 1 is 1.03 bits per heavy atom. The van der Waals surface area contributed by atoms with Crippen LogP contribution in [0.3, 0.4) is 0 Å². The van der Waals surface area contributed by atoms with E-state index >= 15 is 0 Å². The van der Waals surface area contributed by atoms with Crippen molar-refractivity contribution < 1.29 is 28.3 Å². The third-order valence-electron chi connectivity index (χ3n) is 4.91. The second-order valence-corrected chi connectivity index (χ2v) is 7.24. The number of methoxy groups -OCH3 is 3. The molecule has 33 heavy (non-hydrogen) atoms. The number of carbonyl (C=O) groups excluding carboxylic acids is 1. The van der Waals surface area contributed by atoms with E-state index in [1.165, 1.54) is 0 Å². The van der Waals surface area contributed by atoms with E-state index in [2.05, 4.69) is 22.4 Å². The maximum absolute atomic E-state index is 12.2. The van der Waals surface area contributed by atoms with E-state index in [0.29, 0.717) is 34.7 Å². The molecule has 0 fully saturated rings. The molecule has 9 nitrogen and oxygen atoms in total. The largest absolute Gasteiger partial charge is 0.493 e. The van der Waals surface area contributed by atoms with Crippen LogP contribution in [0.5, 0.6) is 23.0 Å². The standard InChI is InChI=1S/C24H29N3O6/c1-5-6-7-22-26-24(27-33-22)17-8-10-18(11-9-17)32-15-21(28)25-14-16-12-19(29-2)23(31-4)20(13-16)30-3/h8-13H,5-7,14-15H2,1-4H3,(H,25,28). The van der Waals surface area contributed by atoms with Crippen LogP contribution in [0.15, 0.2) is 40.9 Å². The van der Waals surface area contributed by atoms with Gasteiger partial charge in [-0.15, -0.1) is 0 Å². The third-order valence-corrected chi connectivity index (χ3v) is 4.91. The molecule has 0 saturated heterocycles. The van der Waals surface area contributed by atoms with Crippen LogP contribution in [0.4, 0.5) is 0 Å². The molecule has 1 N–H and O–H groups in total. The van der Waals surface area contributed by atoms with Gasteiger partial charge in [-0.1, -0.05) is 18.5 Å². The number of benzene rings is 2. The Balaban J connectivity index is 1.51. The fourth-order valence-electron chi connectivity index (χ4n) is 3.14. The summed E-state index contributed by atoms with van der Waals surface area (Å²) >= 11 is 0. The lowest BCUT2D eigenvalue weighted by molar-refractivity contribution is -0.123. The summed E-state index contributed by atoms with van der Waals surface area (Å²) in [4.78, 5) is 16.6. The fraction of sp³-hybridized carbons (Fsp3) is 0.375. The average molecular weight is 456 g/mol. The van der Waals surface area contributed by atoms with E-state index in [1.54, 1.807) is 45.6 Å². The number of carbonyl (C=O) groups is 1. The summed E-state index contributed by atoms with van der Waals surface area (Å²) in [6, 6.07) is 10.8. The van der Waals surface area contributed by atoms with Crippen molar-refractivity contribution in [2.45, 2.75) is 32.7 Å². The molecule has 1 aromatic heterocycles. The molecule has 0 unspecified atom stereocenters. The molecule has 0 radical (unpaired) electrons. The van der Waals surface area contributed by atoms with Crippen LogP contribution in [0.2, 0.25) is 0 Å². The van der Waals surface area contributed by atoms with Gasteiger partial charge in [-0.05, 0) is 48.4 Å². The lowest BCUT2D eigenvalue weighted by atomic mass is 10.1. The predicted molar refractivity (Wildman–Crippen MR) is 122 cm³/mol. The lowest BCUT2D eigenvalue weighted by Gasteiger charge is -2.14. The number of hydrogen-bond acceptors (Lipinski definition) is 8. The lowest BCUT2D eigenvalue weighted by Crippen LogP contribution is -2.28. The van der Waals surface area contributed by atoms with Crippen molar-refractivity contribution in [1.82, 2.24) is 15.5 Å². The monoisotopic (exact) mass is 455 g/mol. The van der Waals surface area contributed by atoms with Gasteiger partial charge in [0.25, 0.3) is 5.91 Å². The predicted octanol–water partition coefficient (Wildman–Crippen LogP) is 3.80. The molecule has 3 aromatic rings. The van der Waals surface area contributed by atoms with E-state index in [1.807, 2.05) is 12.1 Å². The first-order valence-electron chi connectivity index (χ1n) is 10.7. The quantitative estimate of drug-likeness (QED) is 0.440. The van der Waals surface area contributed by atoms with Crippen molar-refractivity contribution in [2.75, 3.05) is 27.9 Å². The molecule has 0 aliphatic heterocycles. The zero-order valence-electron chi connectivity index (χ0n) is 19.3. The maximum Gasteiger partial charge on any atom is 0.258 e. The topological polar surface area (TPSA) is 105 Å². The van der Waals surface area contributed by atoms with Crippen LogP contribution < -0.4 is 24.3 Å². The number of unbranched alkanes of at least 4 members (excludes halogenated alkanes) is 1. The Morgan fingerprint density at radius 3 is 2.33 bits per heavy atom. The van der Waals surface area contributed by atoms with Gasteiger partial charge in [0.1, 0.15) is 5.75 Å². The van der Waals surface area contributed by atoms with Gasteiger partial charge in [0.05, 0.1) is 21.3 Å². The summed E-state index contributed by atoms with van der Waals surface area (Å²) in [5.41, 5.74) is 1.63. The highest BCUT2D eigenvalue weighted by molar-refractivity contribution is 5.77. The number of amides is 1. The molecule has 0 saturated carbocycles. The minimum Gasteiger partial charge on any atom is -0.493 e. The SMILES string of the molecule is CCCCc1nc(-c2ccc(OCC(=O)NCc3cc(OC)c(OC)c(OC)c3)cc2)no1. The minimum absolute atomic E-state index is 0.118. The van der Waals surface area contributed by atoms with Crippen LogP contribution in [0.1, 0.15) is 31.2 Å². The summed E-state index contributed by atoms with van der Waals surface area (Å²) in [5.74, 6) is 3.03. The molecule has 2 aromatic carbocycles. The second kappa shape index (κ2) is 11.8. The number of rotatable bonds is 12. The molecule has 1 heterocycles. The van der Waals surface area contributed by atoms with E-state index in [4.69, 9.17) is 23.5 Å². The molecule has 0 aliphatic rings. The highest BCUT2D eigenvalue weighted by Crippen LogP contribution is 2.38. The fourth-order valence-corrected chi connectivity index (χ4v) is 3.14. The number of nitrogens with zero attached hydrogens (tertiary/aromatic N) is 2. The Hall–Kier alpha value is -3.75. The summed E-state index contributed by atoms with van der Waals surface area (Å²) < 4.78 is 26.8. The molecule has 0 atom stereocenters. The maximum atomic E-state index is 12.2. The van der Waals surface area contributed by atoms with E-state index in [0.717, 1.165) is 30.4 Å². The van der Waals surface area contributed by atoms with Crippen molar-refractivity contribution in [2.24, 2.45) is 0 Å². The first-order valence-corrected chi connectivity index (χ1v) is 10.7. The highest BCUT2D eigenvalue weighted by Gasteiger charge is 2.14. The summed E-state index contributed by atoms with van der Waals surface area (Å²) in [6.07, 6.45) is 2.85. The van der Waals surface area contributed by atoms with Crippen LogP contribution >= 0.6 is 0 Å². The molecule has 3 rings (SSSR count). The highest BCUT2D eigenvalue weighted by atomic mass is 16.5. The first-order chi connectivity index (χ1) is 16.1. The molecule has 1 amide bonds. The Kier molecular flexibility index (Phi) is 8.51. The normalized spacial score (nSPS) is 10.5. The van der Waals surface area contributed by atoms with Crippen LogP contribution in [-0.4, -0.2) is 44.0 Å². The number of hydrogen-bond donors (Lipinski definition) is 1. The average Bonchev–Trinajstić information content (AvgIpc) is 3.33. The molecular weight excluding hydrogens is 426 g/mol. The molecule has 0 bridgehead atoms. The van der Waals surface area contributed by atoms with Crippen molar-refractivity contribution in [3.05, 3.63) is 47.9 Å². The molecule has 9 heteroatoms. The van der Waals surface area contributed by atoms with Gasteiger partial charge in [0.15, 0.2) is 18.1 Å². The van der Waals surface area contributed by atoms with Gasteiger partial charge >= 0.3 is 0 Å². The number of ether oxygens (including phenoxy) is 4. The van der Waals surface area contributed by atoms with Gasteiger partial charge in [-0.2, -0.15) is 4.98 Å². The zero-order chi connectivity index (χ0) is 23.6. The van der Waals surface area contributed by atoms with Crippen LogP contribution in [-0.2, 0) is 17.8 Å². The van der Waals surface area contributed by atoms with Gasteiger partial charge in [0, 0.05) is 18.5 Å². The molecular formula is C24H29N3O6. The van der Waals surface area contributed by atoms with Crippen molar-refractivity contribution in [1.29, 1.82) is 0 Å². The van der Waals surface area contributed by atoms with Crippen molar-refractivity contribution in [3.63, 3.8) is 0 Å². The Bertz CT molecular complexity index is 1020. The van der Waals surface area contributed by atoms with E-state index in [9.17, 15) is 4.79 Å². The number of aryl methyl sites for hydroxylation is 1. The summed E-state index contributed by atoms with van der Waals surface area (Å²) in [6.45, 7) is 2.28. The zero-order valence-corrected chi connectivity index (χ0v) is 19.3. The molecule has 0 spiro atoms. The van der Waals surface area contributed by atoms with Crippen LogP contribution in [0, 0.1) is 0 Å². The summed E-state index contributed by atoms with van der Waals surface area (Å²) in [5, 5.41) is 6.83. The van der Waals surface area contributed by atoms with Crippen LogP contribution in [0.25, 0.3) is 11.4 Å². The van der Waals surface area contributed by atoms with E-state index in [-0.39, 0.29) is 19.1 Å². The van der Waals surface area contributed by atoms with Gasteiger partial charge in [-0.25, -0.2) is 0 Å². The minimum atomic E-state index is -0.258. The molecule has 176 valence electrons. The third kappa shape index (κ3) is 6.38. The number of nitrogens with one attached hydrogen (secondary N) is 1.